The van der Waals surface area contributed by atoms with Crippen molar-refractivity contribution in [1.29, 1.82) is 0 Å². The summed E-state index contributed by atoms with van der Waals surface area (Å²) >= 11 is 0. The molecule has 0 heterocycles. The fraction of sp³-hybridized carbons (Fsp3) is 0. The van der Waals surface area contributed by atoms with Crippen LogP contribution in [-0.4, -0.2) is 19.5 Å². The molecule has 0 saturated heterocycles. The summed E-state index contributed by atoms with van der Waals surface area (Å²) in [7, 11) is -4.54. The van der Waals surface area contributed by atoms with Crippen molar-refractivity contribution in [2.45, 2.75) is 4.90 Å². The van der Waals surface area contributed by atoms with E-state index in [0.717, 1.165) is 18.2 Å². The number of carbonyl (C=O) groups is 1. The normalized spacial score (nSPS) is 11.1. The maximum Gasteiger partial charge on any atom is 0.342 e. The molecule has 2 rings (SSSR count). The molecule has 0 aliphatic rings. The van der Waals surface area contributed by atoms with E-state index < -0.39 is 32.6 Å². The van der Waals surface area contributed by atoms with Gasteiger partial charge in [-0.3, -0.25) is 0 Å². The predicted octanol–water partition coefficient (Wildman–Crippen LogP) is 2.43. The first-order valence-corrected chi connectivity index (χ1v) is 6.93. The number of rotatable bonds is 4. The van der Waals surface area contributed by atoms with Gasteiger partial charge in [0.15, 0.2) is 0 Å². The van der Waals surface area contributed by atoms with E-state index in [0.29, 0.717) is 6.07 Å². The number of halogens is 2. The molecular formula is C13H8F2O5S. The Morgan fingerprint density at radius 2 is 1.81 bits per heavy atom. The SMILES string of the molecule is O=C(O)c1cccc(OS(=O)(=O)c2ccc(F)cc2F)c1. The molecular weight excluding hydrogens is 306 g/mol. The zero-order chi connectivity index (χ0) is 15.6. The van der Waals surface area contributed by atoms with E-state index in [-0.39, 0.29) is 11.3 Å². The second-order valence-electron chi connectivity index (χ2n) is 3.95. The minimum atomic E-state index is -4.54. The smallest absolute Gasteiger partial charge is 0.342 e. The summed E-state index contributed by atoms with van der Waals surface area (Å²) in [5, 5.41) is 8.79. The van der Waals surface area contributed by atoms with E-state index in [2.05, 4.69) is 4.18 Å². The van der Waals surface area contributed by atoms with Crippen LogP contribution in [0.4, 0.5) is 8.78 Å². The molecule has 110 valence electrons. The summed E-state index contributed by atoms with van der Waals surface area (Å²) in [6.07, 6.45) is 0. The van der Waals surface area contributed by atoms with Crippen molar-refractivity contribution in [3.63, 3.8) is 0 Å². The van der Waals surface area contributed by atoms with Gasteiger partial charge < -0.3 is 9.29 Å². The molecule has 0 atom stereocenters. The summed E-state index contributed by atoms with van der Waals surface area (Å²) < 4.78 is 54.6. The molecule has 0 amide bonds. The molecule has 2 aromatic carbocycles. The number of hydrogen-bond donors (Lipinski definition) is 1. The predicted molar refractivity (Wildman–Crippen MR) is 67.6 cm³/mol. The minimum Gasteiger partial charge on any atom is -0.478 e. The molecule has 0 bridgehead atoms. The van der Waals surface area contributed by atoms with Gasteiger partial charge in [0.05, 0.1) is 5.56 Å². The minimum absolute atomic E-state index is 0.192. The van der Waals surface area contributed by atoms with Crippen molar-refractivity contribution >= 4 is 16.1 Å². The largest absolute Gasteiger partial charge is 0.478 e. The zero-order valence-corrected chi connectivity index (χ0v) is 11.1. The van der Waals surface area contributed by atoms with Crippen LogP contribution in [0.15, 0.2) is 47.4 Å². The highest BCUT2D eigenvalue weighted by Crippen LogP contribution is 2.22. The van der Waals surface area contributed by atoms with Crippen LogP contribution in [0.2, 0.25) is 0 Å². The van der Waals surface area contributed by atoms with Crippen LogP contribution in [0.5, 0.6) is 5.75 Å². The Kier molecular flexibility index (Phi) is 3.90. The van der Waals surface area contributed by atoms with Gasteiger partial charge in [-0.1, -0.05) is 6.07 Å². The topological polar surface area (TPSA) is 80.7 Å². The van der Waals surface area contributed by atoms with Gasteiger partial charge in [0, 0.05) is 6.07 Å². The molecule has 0 spiro atoms. The third-order valence-electron chi connectivity index (χ3n) is 2.45. The quantitative estimate of drug-likeness (QED) is 0.877. The summed E-state index contributed by atoms with van der Waals surface area (Å²) in [6, 6.07) is 6.58. The van der Waals surface area contributed by atoms with Crippen LogP contribution in [0.1, 0.15) is 10.4 Å². The molecule has 0 radical (unpaired) electrons. The molecule has 0 aliphatic carbocycles. The molecule has 1 N–H and O–H groups in total. The lowest BCUT2D eigenvalue weighted by atomic mass is 10.2. The highest BCUT2D eigenvalue weighted by atomic mass is 32.2. The molecule has 21 heavy (non-hydrogen) atoms. The fourth-order valence-electron chi connectivity index (χ4n) is 1.53. The van der Waals surface area contributed by atoms with Crippen LogP contribution < -0.4 is 4.18 Å². The van der Waals surface area contributed by atoms with Crippen molar-refractivity contribution in [2.24, 2.45) is 0 Å². The Hall–Kier alpha value is -2.48. The summed E-state index contributed by atoms with van der Waals surface area (Å²) in [4.78, 5) is 9.93. The highest BCUT2D eigenvalue weighted by Gasteiger charge is 2.22. The number of carboxylic acids is 1. The fourth-order valence-corrected chi connectivity index (χ4v) is 2.51. The lowest BCUT2D eigenvalue weighted by Gasteiger charge is -2.08. The van der Waals surface area contributed by atoms with E-state index in [1.54, 1.807) is 0 Å². The maximum atomic E-state index is 13.5. The molecule has 8 heteroatoms. The molecule has 0 aliphatic heterocycles. The third kappa shape index (κ3) is 3.34. The van der Waals surface area contributed by atoms with Crippen LogP contribution in [0.25, 0.3) is 0 Å². The van der Waals surface area contributed by atoms with E-state index in [9.17, 15) is 22.0 Å². The number of benzene rings is 2. The number of carboxylic acid groups (broad SMARTS) is 1. The van der Waals surface area contributed by atoms with Gasteiger partial charge >= 0.3 is 16.1 Å². The molecule has 0 aromatic heterocycles. The van der Waals surface area contributed by atoms with Crippen LogP contribution in [-0.2, 0) is 10.1 Å². The first-order valence-electron chi connectivity index (χ1n) is 5.52. The Bertz CT molecular complexity index is 802. The maximum absolute atomic E-state index is 13.5. The van der Waals surface area contributed by atoms with Crippen LogP contribution >= 0.6 is 0 Å². The van der Waals surface area contributed by atoms with Crippen molar-refractivity contribution < 1.29 is 31.3 Å². The summed E-state index contributed by atoms with van der Waals surface area (Å²) in [5.74, 6) is -3.80. The van der Waals surface area contributed by atoms with E-state index in [4.69, 9.17) is 5.11 Å². The van der Waals surface area contributed by atoms with Gasteiger partial charge in [-0.15, -0.1) is 0 Å². The van der Waals surface area contributed by atoms with E-state index in [1.807, 2.05) is 0 Å². The average molecular weight is 314 g/mol. The summed E-state index contributed by atoms with van der Waals surface area (Å²) in [5.41, 5.74) is -0.192. The highest BCUT2D eigenvalue weighted by molar-refractivity contribution is 7.87. The second kappa shape index (κ2) is 5.49. The van der Waals surface area contributed by atoms with Crippen LogP contribution in [0, 0.1) is 11.6 Å². The van der Waals surface area contributed by atoms with Gasteiger partial charge in [0.1, 0.15) is 22.3 Å². The van der Waals surface area contributed by atoms with E-state index >= 15 is 0 Å². The second-order valence-corrected chi connectivity index (χ2v) is 5.46. The van der Waals surface area contributed by atoms with Crippen molar-refractivity contribution in [1.82, 2.24) is 0 Å². The van der Waals surface area contributed by atoms with Crippen LogP contribution in [0.3, 0.4) is 0 Å². The first-order chi connectivity index (χ1) is 9.79. The van der Waals surface area contributed by atoms with Gasteiger partial charge in [-0.25, -0.2) is 13.6 Å². The molecule has 0 fully saturated rings. The third-order valence-corrected chi connectivity index (χ3v) is 3.73. The Balaban J connectivity index is 2.37. The molecule has 5 nitrogen and oxygen atoms in total. The van der Waals surface area contributed by atoms with Gasteiger partial charge in [0.25, 0.3) is 0 Å². The van der Waals surface area contributed by atoms with Gasteiger partial charge in [-0.2, -0.15) is 8.42 Å². The van der Waals surface area contributed by atoms with Gasteiger partial charge in [0.2, 0.25) is 0 Å². The zero-order valence-electron chi connectivity index (χ0n) is 10.3. The first kappa shape index (κ1) is 14.9. The Labute approximate surface area is 118 Å². The summed E-state index contributed by atoms with van der Waals surface area (Å²) in [6.45, 7) is 0. The Morgan fingerprint density at radius 1 is 1.10 bits per heavy atom. The van der Waals surface area contributed by atoms with Crippen molar-refractivity contribution in [2.75, 3.05) is 0 Å². The standard InChI is InChI=1S/C13H8F2O5S/c14-9-4-5-12(11(15)7-9)21(18,19)20-10-3-1-2-8(6-10)13(16)17/h1-7H,(H,16,17). The van der Waals surface area contributed by atoms with E-state index in [1.165, 1.54) is 18.2 Å². The van der Waals surface area contributed by atoms with Crippen molar-refractivity contribution in [3.05, 3.63) is 59.7 Å². The molecule has 0 saturated carbocycles. The Morgan fingerprint density at radius 3 is 2.43 bits per heavy atom. The number of aromatic carboxylic acids is 1. The van der Waals surface area contributed by atoms with Gasteiger partial charge in [-0.05, 0) is 30.3 Å². The lowest BCUT2D eigenvalue weighted by Crippen LogP contribution is -2.12. The van der Waals surface area contributed by atoms with Crippen molar-refractivity contribution in [3.8, 4) is 5.75 Å². The lowest BCUT2D eigenvalue weighted by molar-refractivity contribution is 0.0696. The monoisotopic (exact) mass is 314 g/mol. The average Bonchev–Trinajstić information content (AvgIpc) is 2.37. The number of hydrogen-bond acceptors (Lipinski definition) is 4. The molecule has 0 unspecified atom stereocenters. The molecule has 2 aromatic rings.